The number of piperidine rings is 1. The Morgan fingerprint density at radius 1 is 1.24 bits per heavy atom. The van der Waals surface area contributed by atoms with E-state index in [-0.39, 0.29) is 0 Å². The molecule has 2 nitrogen and oxygen atoms in total. The van der Waals surface area contributed by atoms with Gasteiger partial charge in [0, 0.05) is 18.5 Å². The van der Waals surface area contributed by atoms with Gasteiger partial charge in [-0.25, -0.2) is 0 Å². The number of hydrogen-bond donors (Lipinski definition) is 2. The van der Waals surface area contributed by atoms with Gasteiger partial charge in [-0.05, 0) is 38.8 Å². The van der Waals surface area contributed by atoms with Gasteiger partial charge in [0.25, 0.3) is 0 Å². The van der Waals surface area contributed by atoms with E-state index in [9.17, 15) is 0 Å². The van der Waals surface area contributed by atoms with Gasteiger partial charge in [-0.2, -0.15) is 0 Å². The summed E-state index contributed by atoms with van der Waals surface area (Å²) < 4.78 is 0. The molecule has 1 aromatic carbocycles. The Morgan fingerprint density at radius 2 is 1.94 bits per heavy atom. The molecule has 0 aromatic heterocycles. The fourth-order valence-corrected chi connectivity index (χ4v) is 2.98. The topological polar surface area (TPSA) is 38.0 Å². The monoisotopic (exact) mass is 232 g/mol. The Bertz CT molecular complexity index is 347. The second kappa shape index (κ2) is 5.65. The van der Waals surface area contributed by atoms with Gasteiger partial charge in [0.2, 0.25) is 0 Å². The summed E-state index contributed by atoms with van der Waals surface area (Å²) >= 11 is 0. The van der Waals surface area contributed by atoms with E-state index < -0.39 is 0 Å². The van der Waals surface area contributed by atoms with Gasteiger partial charge in [0.1, 0.15) is 0 Å². The Kier molecular flexibility index (Phi) is 4.19. The van der Waals surface area contributed by atoms with Gasteiger partial charge in [0.15, 0.2) is 0 Å². The van der Waals surface area contributed by atoms with Crippen molar-refractivity contribution in [3.8, 4) is 0 Å². The zero-order valence-electron chi connectivity index (χ0n) is 11.0. The molecule has 1 heterocycles. The third-order valence-corrected chi connectivity index (χ3v) is 3.76. The van der Waals surface area contributed by atoms with Crippen LogP contribution in [0.1, 0.15) is 41.9 Å². The smallest absolute Gasteiger partial charge is 0.0148 e. The molecule has 2 atom stereocenters. The summed E-state index contributed by atoms with van der Waals surface area (Å²) in [6.07, 6.45) is 3.90. The summed E-state index contributed by atoms with van der Waals surface area (Å²) in [6, 6.07) is 7.38. The predicted octanol–water partition coefficient (Wildman–Crippen LogP) is 2.49. The van der Waals surface area contributed by atoms with Gasteiger partial charge in [-0.1, -0.05) is 35.7 Å². The van der Waals surface area contributed by atoms with E-state index in [1.807, 2.05) is 0 Å². The van der Waals surface area contributed by atoms with Gasteiger partial charge in [-0.3, -0.25) is 0 Å². The SMILES string of the molecule is Cc1cc(C)cc(C(CN)C2CCCCN2)c1. The third-order valence-electron chi connectivity index (χ3n) is 3.76. The lowest BCUT2D eigenvalue weighted by Gasteiger charge is -2.31. The zero-order chi connectivity index (χ0) is 12.3. The molecule has 0 aliphatic carbocycles. The van der Waals surface area contributed by atoms with Crippen molar-refractivity contribution in [3.63, 3.8) is 0 Å². The number of hydrogen-bond acceptors (Lipinski definition) is 2. The van der Waals surface area contributed by atoms with Crippen molar-refractivity contribution in [2.75, 3.05) is 13.1 Å². The van der Waals surface area contributed by atoms with E-state index in [1.54, 1.807) is 0 Å². The van der Waals surface area contributed by atoms with Crippen molar-refractivity contribution in [2.24, 2.45) is 5.73 Å². The van der Waals surface area contributed by atoms with Gasteiger partial charge in [-0.15, -0.1) is 0 Å². The molecule has 0 amide bonds. The van der Waals surface area contributed by atoms with Crippen molar-refractivity contribution in [3.05, 3.63) is 34.9 Å². The van der Waals surface area contributed by atoms with E-state index in [0.717, 1.165) is 13.1 Å². The molecule has 0 radical (unpaired) electrons. The van der Waals surface area contributed by atoms with E-state index in [0.29, 0.717) is 12.0 Å². The summed E-state index contributed by atoms with van der Waals surface area (Å²) in [5.41, 5.74) is 10.1. The van der Waals surface area contributed by atoms with Gasteiger partial charge >= 0.3 is 0 Å². The summed E-state index contributed by atoms with van der Waals surface area (Å²) in [5.74, 6) is 0.467. The summed E-state index contributed by atoms with van der Waals surface area (Å²) in [5, 5.41) is 3.63. The molecule has 1 aliphatic rings. The minimum atomic E-state index is 0.467. The van der Waals surface area contributed by atoms with Crippen molar-refractivity contribution in [2.45, 2.75) is 45.1 Å². The van der Waals surface area contributed by atoms with Crippen LogP contribution in [0.25, 0.3) is 0 Å². The molecule has 2 heteroatoms. The number of nitrogens with one attached hydrogen (secondary N) is 1. The number of aryl methyl sites for hydroxylation is 2. The molecule has 2 rings (SSSR count). The number of benzene rings is 1. The lowest BCUT2D eigenvalue weighted by atomic mass is 9.85. The van der Waals surface area contributed by atoms with Gasteiger partial charge in [0.05, 0.1) is 0 Å². The molecule has 0 saturated carbocycles. The molecule has 1 saturated heterocycles. The van der Waals surface area contributed by atoms with E-state index in [4.69, 9.17) is 5.73 Å². The second-order valence-corrected chi connectivity index (χ2v) is 5.32. The van der Waals surface area contributed by atoms with Crippen LogP contribution in [0.15, 0.2) is 18.2 Å². The first kappa shape index (κ1) is 12.6. The van der Waals surface area contributed by atoms with Crippen molar-refractivity contribution >= 4 is 0 Å². The lowest BCUT2D eigenvalue weighted by Crippen LogP contribution is -2.41. The summed E-state index contributed by atoms with van der Waals surface area (Å²) in [7, 11) is 0. The fourth-order valence-electron chi connectivity index (χ4n) is 2.98. The van der Waals surface area contributed by atoms with Crippen molar-refractivity contribution in [1.82, 2.24) is 5.32 Å². The zero-order valence-corrected chi connectivity index (χ0v) is 11.0. The normalized spacial score (nSPS) is 22.4. The van der Waals surface area contributed by atoms with Crippen LogP contribution in [0, 0.1) is 13.8 Å². The minimum Gasteiger partial charge on any atom is -0.330 e. The fraction of sp³-hybridized carbons (Fsp3) is 0.600. The van der Waals surface area contributed by atoms with Crippen LogP contribution in [0.5, 0.6) is 0 Å². The standard InChI is InChI=1S/C15H24N2/c1-11-7-12(2)9-13(8-11)14(10-16)15-5-3-4-6-17-15/h7-9,14-15,17H,3-6,10,16H2,1-2H3. The molecule has 0 spiro atoms. The number of nitrogens with two attached hydrogens (primary N) is 1. The first-order valence-corrected chi connectivity index (χ1v) is 6.72. The number of rotatable bonds is 3. The minimum absolute atomic E-state index is 0.467. The average Bonchev–Trinajstić information content (AvgIpc) is 2.30. The van der Waals surface area contributed by atoms with Crippen LogP contribution in [0.3, 0.4) is 0 Å². The Balaban J connectivity index is 2.21. The van der Waals surface area contributed by atoms with Crippen LogP contribution >= 0.6 is 0 Å². The van der Waals surface area contributed by atoms with Crippen LogP contribution < -0.4 is 11.1 Å². The highest BCUT2D eigenvalue weighted by Crippen LogP contribution is 2.26. The second-order valence-electron chi connectivity index (χ2n) is 5.32. The highest BCUT2D eigenvalue weighted by molar-refractivity contribution is 5.32. The van der Waals surface area contributed by atoms with Crippen LogP contribution in [0.2, 0.25) is 0 Å². The largest absolute Gasteiger partial charge is 0.330 e. The molecule has 1 fully saturated rings. The highest BCUT2D eigenvalue weighted by atomic mass is 14.9. The predicted molar refractivity (Wildman–Crippen MR) is 73.4 cm³/mol. The quantitative estimate of drug-likeness (QED) is 0.840. The maximum absolute atomic E-state index is 6.00. The molecule has 1 aliphatic heterocycles. The molecule has 94 valence electrons. The molecule has 1 aromatic rings. The Labute approximate surface area is 105 Å². The third kappa shape index (κ3) is 3.08. The van der Waals surface area contributed by atoms with Crippen molar-refractivity contribution < 1.29 is 0 Å². The Morgan fingerprint density at radius 3 is 2.47 bits per heavy atom. The summed E-state index contributed by atoms with van der Waals surface area (Å²) in [4.78, 5) is 0. The lowest BCUT2D eigenvalue weighted by molar-refractivity contribution is 0.352. The first-order valence-electron chi connectivity index (χ1n) is 6.72. The van der Waals surface area contributed by atoms with Crippen LogP contribution in [-0.4, -0.2) is 19.1 Å². The molecular weight excluding hydrogens is 208 g/mol. The van der Waals surface area contributed by atoms with E-state index in [2.05, 4.69) is 37.4 Å². The average molecular weight is 232 g/mol. The van der Waals surface area contributed by atoms with Gasteiger partial charge < -0.3 is 11.1 Å². The Hall–Kier alpha value is -0.860. The highest BCUT2D eigenvalue weighted by Gasteiger charge is 2.23. The molecule has 17 heavy (non-hydrogen) atoms. The molecule has 2 unspecified atom stereocenters. The molecular formula is C15H24N2. The first-order chi connectivity index (χ1) is 8.20. The molecule has 3 N–H and O–H groups in total. The van der Waals surface area contributed by atoms with Crippen LogP contribution in [0.4, 0.5) is 0 Å². The van der Waals surface area contributed by atoms with E-state index in [1.165, 1.54) is 36.0 Å². The van der Waals surface area contributed by atoms with Crippen molar-refractivity contribution in [1.29, 1.82) is 0 Å². The van der Waals surface area contributed by atoms with E-state index >= 15 is 0 Å². The molecule has 0 bridgehead atoms. The maximum atomic E-state index is 6.00. The van der Waals surface area contributed by atoms with Crippen LogP contribution in [-0.2, 0) is 0 Å². The maximum Gasteiger partial charge on any atom is 0.0148 e. The summed E-state index contributed by atoms with van der Waals surface area (Å²) in [6.45, 7) is 6.21.